The smallest absolute Gasteiger partial charge is 0.335 e. The first-order valence-corrected chi connectivity index (χ1v) is 11.9. The van der Waals surface area contributed by atoms with Gasteiger partial charge < -0.3 is 18.7 Å². The highest BCUT2D eigenvalue weighted by atomic mass is 35.5. The molecule has 4 rings (SSSR count). The predicted molar refractivity (Wildman–Crippen MR) is 133 cm³/mol. The van der Waals surface area contributed by atoms with Crippen LogP contribution in [0.4, 0.5) is 0 Å². The lowest BCUT2D eigenvalue weighted by atomic mass is 10.1. The Balaban J connectivity index is 1.21. The number of benzene rings is 2. The second kappa shape index (κ2) is 11.8. The van der Waals surface area contributed by atoms with Crippen LogP contribution in [-0.4, -0.2) is 39.1 Å². The number of thioether (sulfide) groups is 1. The number of carbonyl (C=O) groups excluding carboxylic acids is 1. The number of nitrogens with one attached hydrogen (secondary N) is 1. The number of hydrazone groups is 1. The van der Waals surface area contributed by atoms with E-state index in [4.69, 9.17) is 41.9 Å². The molecule has 2 aromatic heterocycles. The Morgan fingerprint density at radius 1 is 1.08 bits per heavy atom. The van der Waals surface area contributed by atoms with Crippen molar-refractivity contribution in [2.75, 3.05) is 5.75 Å². The molecule has 0 fully saturated rings. The topological polar surface area (TPSA) is 140 Å². The van der Waals surface area contributed by atoms with Crippen LogP contribution in [0.3, 0.4) is 0 Å². The SMILES string of the molecule is O=C(CSc1nnc(COc2ccc(Cl)cc2Cl)o1)N/N=C\c1ccc(-c2ccc(C(=O)O)cc2)o1. The molecule has 2 heterocycles. The Labute approximate surface area is 218 Å². The summed E-state index contributed by atoms with van der Waals surface area (Å²) in [6, 6.07) is 14.5. The Morgan fingerprint density at radius 3 is 2.64 bits per heavy atom. The molecule has 2 N–H and O–H groups in total. The van der Waals surface area contributed by atoms with Gasteiger partial charge in [-0.05, 0) is 42.5 Å². The molecule has 4 aromatic rings. The van der Waals surface area contributed by atoms with Gasteiger partial charge in [0, 0.05) is 10.6 Å². The fourth-order valence-electron chi connectivity index (χ4n) is 2.77. The van der Waals surface area contributed by atoms with Gasteiger partial charge in [0.25, 0.3) is 17.0 Å². The molecule has 0 aliphatic carbocycles. The van der Waals surface area contributed by atoms with Crippen molar-refractivity contribution in [2.24, 2.45) is 5.10 Å². The molecular weight excluding hydrogens is 531 g/mol. The molecule has 0 aliphatic rings. The first-order chi connectivity index (χ1) is 17.4. The van der Waals surface area contributed by atoms with Gasteiger partial charge in [0.05, 0.1) is 22.6 Å². The van der Waals surface area contributed by atoms with Gasteiger partial charge in [-0.1, -0.05) is 47.1 Å². The van der Waals surface area contributed by atoms with Gasteiger partial charge in [0.2, 0.25) is 0 Å². The van der Waals surface area contributed by atoms with E-state index in [0.717, 1.165) is 11.8 Å². The number of carboxylic acids is 1. The van der Waals surface area contributed by atoms with Crippen LogP contribution in [0.1, 0.15) is 22.0 Å². The maximum absolute atomic E-state index is 12.0. The quantitative estimate of drug-likeness (QED) is 0.157. The zero-order valence-corrected chi connectivity index (χ0v) is 20.5. The number of hydrogen-bond donors (Lipinski definition) is 2. The van der Waals surface area contributed by atoms with Crippen molar-refractivity contribution >= 4 is 53.1 Å². The minimum absolute atomic E-state index is 0.000239. The molecule has 36 heavy (non-hydrogen) atoms. The Morgan fingerprint density at radius 2 is 1.89 bits per heavy atom. The van der Waals surface area contributed by atoms with Crippen LogP contribution in [0.5, 0.6) is 5.75 Å². The lowest BCUT2D eigenvalue weighted by Gasteiger charge is -2.05. The zero-order valence-electron chi connectivity index (χ0n) is 18.2. The third-order valence-corrected chi connectivity index (χ3v) is 5.79. The number of hydrogen-bond acceptors (Lipinski definition) is 9. The first kappa shape index (κ1) is 25.3. The van der Waals surface area contributed by atoms with Crippen LogP contribution in [-0.2, 0) is 11.4 Å². The summed E-state index contributed by atoms with van der Waals surface area (Å²) in [5.41, 5.74) is 3.27. The van der Waals surface area contributed by atoms with E-state index in [-0.39, 0.29) is 29.0 Å². The van der Waals surface area contributed by atoms with E-state index >= 15 is 0 Å². The van der Waals surface area contributed by atoms with Crippen molar-refractivity contribution in [1.29, 1.82) is 0 Å². The summed E-state index contributed by atoms with van der Waals surface area (Å²) in [6.07, 6.45) is 1.35. The summed E-state index contributed by atoms with van der Waals surface area (Å²) in [6.45, 7) is 0.000239. The average molecular weight is 547 g/mol. The summed E-state index contributed by atoms with van der Waals surface area (Å²) < 4.78 is 16.6. The second-order valence-electron chi connectivity index (χ2n) is 6.99. The van der Waals surface area contributed by atoms with Gasteiger partial charge in [-0.3, -0.25) is 4.79 Å². The molecule has 13 heteroatoms. The van der Waals surface area contributed by atoms with E-state index in [1.807, 2.05) is 0 Å². The molecule has 10 nitrogen and oxygen atoms in total. The lowest BCUT2D eigenvalue weighted by molar-refractivity contribution is -0.118. The number of aromatic carboxylic acids is 1. The number of rotatable bonds is 10. The summed E-state index contributed by atoms with van der Waals surface area (Å²) >= 11 is 12.9. The molecule has 0 spiro atoms. The van der Waals surface area contributed by atoms with Crippen molar-refractivity contribution in [1.82, 2.24) is 15.6 Å². The van der Waals surface area contributed by atoms with E-state index in [1.54, 1.807) is 42.5 Å². The minimum Gasteiger partial charge on any atom is -0.482 e. The van der Waals surface area contributed by atoms with E-state index in [9.17, 15) is 9.59 Å². The zero-order chi connectivity index (χ0) is 25.5. The maximum Gasteiger partial charge on any atom is 0.335 e. The Kier molecular flexibility index (Phi) is 8.26. The van der Waals surface area contributed by atoms with Gasteiger partial charge in [0.1, 0.15) is 17.3 Å². The number of ether oxygens (including phenoxy) is 1. The molecule has 0 unspecified atom stereocenters. The fourth-order valence-corrected chi connectivity index (χ4v) is 3.80. The number of nitrogens with zero attached hydrogens (tertiary/aromatic N) is 3. The number of carboxylic acid groups (broad SMARTS) is 1. The van der Waals surface area contributed by atoms with Crippen LogP contribution in [0, 0.1) is 0 Å². The molecule has 0 saturated carbocycles. The molecular formula is C23H16Cl2N4O6S. The number of furan rings is 1. The molecule has 0 atom stereocenters. The molecule has 0 radical (unpaired) electrons. The number of carbonyl (C=O) groups is 2. The predicted octanol–water partition coefficient (Wildman–Crippen LogP) is 5.16. The van der Waals surface area contributed by atoms with E-state index < -0.39 is 11.9 Å². The molecule has 184 valence electrons. The Hall–Kier alpha value is -3.80. The van der Waals surface area contributed by atoms with Crippen LogP contribution >= 0.6 is 35.0 Å². The first-order valence-electron chi connectivity index (χ1n) is 10.2. The highest BCUT2D eigenvalue weighted by molar-refractivity contribution is 7.99. The minimum atomic E-state index is -1.00. The van der Waals surface area contributed by atoms with Crippen molar-refractivity contribution in [3.63, 3.8) is 0 Å². The molecule has 0 saturated heterocycles. The van der Waals surface area contributed by atoms with Crippen molar-refractivity contribution in [3.8, 4) is 17.1 Å². The normalized spacial score (nSPS) is 11.1. The number of aromatic nitrogens is 2. The number of halogens is 2. The van der Waals surface area contributed by atoms with Crippen LogP contribution in [0.15, 0.2) is 73.8 Å². The molecule has 0 bridgehead atoms. The van der Waals surface area contributed by atoms with Crippen molar-refractivity contribution < 1.29 is 28.3 Å². The largest absolute Gasteiger partial charge is 0.482 e. The van der Waals surface area contributed by atoms with Gasteiger partial charge in [-0.2, -0.15) is 5.10 Å². The van der Waals surface area contributed by atoms with Crippen LogP contribution < -0.4 is 10.2 Å². The van der Waals surface area contributed by atoms with E-state index in [2.05, 4.69) is 20.7 Å². The average Bonchev–Trinajstić information content (AvgIpc) is 3.52. The highest BCUT2D eigenvalue weighted by Crippen LogP contribution is 2.28. The molecule has 1 amide bonds. The maximum atomic E-state index is 12.0. The third kappa shape index (κ3) is 6.87. The van der Waals surface area contributed by atoms with Crippen molar-refractivity contribution in [3.05, 3.63) is 81.9 Å². The van der Waals surface area contributed by atoms with Gasteiger partial charge in [0.15, 0.2) is 6.61 Å². The summed E-state index contributed by atoms with van der Waals surface area (Å²) in [4.78, 5) is 23.0. The number of amides is 1. The standard InChI is InChI=1S/C23H16Cl2N4O6S/c24-15-5-7-19(17(25)9-15)33-11-21-28-29-23(35-21)36-12-20(30)27-26-10-16-6-8-18(34-16)13-1-3-14(4-2-13)22(31)32/h1-10H,11-12H2,(H,27,30)(H,31,32)/b26-10-. The van der Waals surface area contributed by atoms with E-state index in [0.29, 0.717) is 32.9 Å². The van der Waals surface area contributed by atoms with Crippen molar-refractivity contribution in [2.45, 2.75) is 11.8 Å². The van der Waals surface area contributed by atoms with Gasteiger partial charge in [-0.25, -0.2) is 10.2 Å². The fraction of sp³-hybridized carbons (Fsp3) is 0.0870. The van der Waals surface area contributed by atoms with Crippen LogP contribution in [0.2, 0.25) is 10.0 Å². The molecule has 2 aromatic carbocycles. The third-order valence-electron chi connectivity index (χ3n) is 4.44. The Bertz CT molecular complexity index is 1400. The van der Waals surface area contributed by atoms with Gasteiger partial charge >= 0.3 is 5.97 Å². The molecule has 0 aliphatic heterocycles. The lowest BCUT2D eigenvalue weighted by Crippen LogP contribution is -2.19. The second-order valence-corrected chi connectivity index (χ2v) is 8.76. The van der Waals surface area contributed by atoms with Gasteiger partial charge in [-0.15, -0.1) is 10.2 Å². The summed E-state index contributed by atoms with van der Waals surface area (Å²) in [5.74, 6) is 0.167. The summed E-state index contributed by atoms with van der Waals surface area (Å²) in [5, 5.41) is 21.6. The van der Waals surface area contributed by atoms with E-state index in [1.165, 1.54) is 18.3 Å². The summed E-state index contributed by atoms with van der Waals surface area (Å²) in [7, 11) is 0. The monoisotopic (exact) mass is 546 g/mol. The van der Waals surface area contributed by atoms with Crippen LogP contribution in [0.25, 0.3) is 11.3 Å². The highest BCUT2D eigenvalue weighted by Gasteiger charge is 2.11.